The van der Waals surface area contributed by atoms with Crippen LogP contribution in [0.2, 0.25) is 5.02 Å². The van der Waals surface area contributed by atoms with Crippen LogP contribution in [0.4, 0.5) is 0 Å². The summed E-state index contributed by atoms with van der Waals surface area (Å²) < 4.78 is 1.02. The van der Waals surface area contributed by atoms with Crippen LogP contribution < -0.4 is 10.9 Å². The second-order valence-corrected chi connectivity index (χ2v) is 6.88. The summed E-state index contributed by atoms with van der Waals surface area (Å²) in [5.74, 6) is -0.136. The van der Waals surface area contributed by atoms with Crippen LogP contribution in [0.15, 0.2) is 71.7 Å². The molecule has 0 atom stereocenters. The normalized spacial score (nSPS) is 10.5. The third-order valence-electron chi connectivity index (χ3n) is 3.86. The van der Waals surface area contributed by atoms with Crippen molar-refractivity contribution < 1.29 is 4.79 Å². The molecule has 0 heterocycles. The van der Waals surface area contributed by atoms with E-state index in [1.54, 1.807) is 12.1 Å². The third-order valence-corrected chi connectivity index (χ3v) is 4.80. The van der Waals surface area contributed by atoms with Crippen LogP contribution in [0.1, 0.15) is 11.1 Å². The minimum absolute atomic E-state index is 0.136. The maximum Gasteiger partial charge on any atom is 0.242 e. The van der Waals surface area contributed by atoms with Gasteiger partial charge in [0.05, 0.1) is 12.1 Å². The number of hydrazine groups is 1. The number of fused-ring (bicyclic) bond motifs is 1. The van der Waals surface area contributed by atoms with Crippen LogP contribution in [-0.2, 0) is 11.2 Å². The van der Waals surface area contributed by atoms with Crippen molar-refractivity contribution in [3.05, 3.63) is 87.9 Å². The van der Waals surface area contributed by atoms with Gasteiger partial charge >= 0.3 is 0 Å². The molecule has 1 amide bonds. The van der Waals surface area contributed by atoms with Crippen LogP contribution in [0.25, 0.3) is 16.5 Å². The molecule has 2 N–H and O–H groups in total. The minimum Gasteiger partial charge on any atom is -0.299 e. The van der Waals surface area contributed by atoms with E-state index in [1.807, 2.05) is 48.5 Å². The molecule has 0 saturated carbocycles. The maximum absolute atomic E-state index is 12.3. The predicted molar refractivity (Wildman–Crippen MR) is 107 cm³/mol. The molecule has 0 aliphatic carbocycles. The van der Waals surface area contributed by atoms with E-state index < -0.39 is 0 Å². The first-order chi connectivity index (χ1) is 12.0. The quantitative estimate of drug-likeness (QED) is 0.570. The molecular weight excluding hydrogens is 400 g/mol. The first-order valence-corrected chi connectivity index (χ1v) is 8.87. The van der Waals surface area contributed by atoms with Crippen molar-refractivity contribution >= 4 is 49.9 Å². The lowest BCUT2D eigenvalue weighted by Crippen LogP contribution is -2.36. The van der Waals surface area contributed by atoms with E-state index in [-0.39, 0.29) is 12.3 Å². The van der Waals surface area contributed by atoms with Crippen molar-refractivity contribution in [2.75, 3.05) is 0 Å². The van der Waals surface area contributed by atoms with Crippen molar-refractivity contribution in [3.8, 4) is 0 Å². The molecule has 3 aromatic carbocycles. The fourth-order valence-corrected chi connectivity index (χ4v) is 3.17. The van der Waals surface area contributed by atoms with Gasteiger partial charge in [0.15, 0.2) is 0 Å². The molecular formula is C20H16BrClN2O. The zero-order chi connectivity index (χ0) is 17.8. The number of hydrogen-bond donors (Lipinski definition) is 2. The van der Waals surface area contributed by atoms with Gasteiger partial charge in [-0.05, 0) is 40.1 Å². The number of benzene rings is 3. The lowest BCUT2D eigenvalue weighted by Gasteiger charge is -2.12. The van der Waals surface area contributed by atoms with Crippen molar-refractivity contribution in [2.45, 2.75) is 6.42 Å². The molecule has 3 aromatic rings. The summed E-state index contributed by atoms with van der Waals surface area (Å²) >= 11 is 9.41. The number of hydrogen-bond acceptors (Lipinski definition) is 2. The number of carbonyl (C=O) groups is 1. The van der Waals surface area contributed by atoms with Crippen LogP contribution in [-0.4, -0.2) is 5.91 Å². The number of amides is 1. The van der Waals surface area contributed by atoms with Crippen LogP contribution in [0.5, 0.6) is 0 Å². The zero-order valence-electron chi connectivity index (χ0n) is 13.4. The molecule has 0 spiro atoms. The molecule has 0 aliphatic rings. The Labute approximate surface area is 159 Å². The molecule has 5 heteroatoms. The molecule has 126 valence electrons. The molecule has 0 unspecified atom stereocenters. The number of halogens is 2. The largest absolute Gasteiger partial charge is 0.299 e. The highest BCUT2D eigenvalue weighted by molar-refractivity contribution is 9.10. The third kappa shape index (κ3) is 4.21. The number of nitrogens with one attached hydrogen (secondary N) is 2. The van der Waals surface area contributed by atoms with Gasteiger partial charge < -0.3 is 0 Å². The topological polar surface area (TPSA) is 41.1 Å². The highest BCUT2D eigenvalue weighted by Gasteiger charge is 2.09. The molecule has 0 aliphatic heterocycles. The van der Waals surface area contributed by atoms with E-state index in [2.05, 4.69) is 33.4 Å². The van der Waals surface area contributed by atoms with Gasteiger partial charge in [0.1, 0.15) is 0 Å². The Bertz CT molecular complexity index is 938. The molecule has 3 rings (SSSR count). The summed E-state index contributed by atoms with van der Waals surface area (Å²) in [7, 11) is 0. The van der Waals surface area contributed by atoms with Gasteiger partial charge in [-0.25, -0.2) is 0 Å². The first-order valence-electron chi connectivity index (χ1n) is 7.70. The van der Waals surface area contributed by atoms with Crippen molar-refractivity contribution in [2.24, 2.45) is 0 Å². The van der Waals surface area contributed by atoms with Crippen molar-refractivity contribution in [3.63, 3.8) is 0 Å². The fourth-order valence-electron chi connectivity index (χ4n) is 2.56. The average molecular weight is 416 g/mol. The second kappa shape index (κ2) is 7.72. The van der Waals surface area contributed by atoms with Crippen LogP contribution in [0.3, 0.4) is 0 Å². The number of carbonyl (C=O) groups excluding carboxylic acids is 1. The van der Waals surface area contributed by atoms with E-state index in [1.165, 1.54) is 0 Å². The predicted octanol–water partition coefficient (Wildman–Crippen LogP) is 5.09. The van der Waals surface area contributed by atoms with Gasteiger partial charge in [0.2, 0.25) is 5.91 Å². The van der Waals surface area contributed by atoms with E-state index in [9.17, 15) is 4.79 Å². The summed E-state index contributed by atoms with van der Waals surface area (Å²) in [4.78, 5) is 12.3. The molecule has 0 fully saturated rings. The van der Waals surface area contributed by atoms with Crippen molar-refractivity contribution in [1.29, 1.82) is 0 Å². The first kappa shape index (κ1) is 17.5. The van der Waals surface area contributed by atoms with E-state index >= 15 is 0 Å². The SMILES string of the molecule is C=C(NNC(=O)Cc1ccc(Br)c2ccccc12)c1ccc(Cl)cc1. The summed E-state index contributed by atoms with van der Waals surface area (Å²) in [6.45, 7) is 3.92. The van der Waals surface area contributed by atoms with Gasteiger partial charge in [0.25, 0.3) is 0 Å². The maximum atomic E-state index is 12.3. The van der Waals surface area contributed by atoms with Gasteiger partial charge in [-0.15, -0.1) is 0 Å². The molecule has 25 heavy (non-hydrogen) atoms. The molecule has 0 radical (unpaired) electrons. The molecule has 0 saturated heterocycles. The average Bonchev–Trinajstić information content (AvgIpc) is 2.63. The Morgan fingerprint density at radius 3 is 2.36 bits per heavy atom. The zero-order valence-corrected chi connectivity index (χ0v) is 15.7. The molecule has 3 nitrogen and oxygen atoms in total. The van der Waals surface area contributed by atoms with Crippen LogP contribution in [0, 0.1) is 0 Å². The van der Waals surface area contributed by atoms with Crippen LogP contribution >= 0.6 is 27.5 Å². The Hall–Kier alpha value is -2.30. The lowest BCUT2D eigenvalue weighted by molar-refractivity contribution is -0.121. The monoisotopic (exact) mass is 414 g/mol. The highest BCUT2D eigenvalue weighted by atomic mass is 79.9. The van der Waals surface area contributed by atoms with Gasteiger partial charge in [-0.2, -0.15) is 0 Å². The summed E-state index contributed by atoms with van der Waals surface area (Å²) in [5.41, 5.74) is 7.97. The van der Waals surface area contributed by atoms with Gasteiger partial charge in [0, 0.05) is 9.50 Å². The molecule has 0 bridgehead atoms. The van der Waals surface area contributed by atoms with E-state index in [4.69, 9.17) is 11.6 Å². The van der Waals surface area contributed by atoms with E-state index in [0.717, 1.165) is 26.4 Å². The molecule has 0 aromatic heterocycles. The summed E-state index contributed by atoms with van der Waals surface area (Å²) in [6.07, 6.45) is 0.273. The number of rotatable bonds is 5. The second-order valence-electron chi connectivity index (χ2n) is 5.59. The van der Waals surface area contributed by atoms with Crippen molar-refractivity contribution in [1.82, 2.24) is 10.9 Å². The smallest absolute Gasteiger partial charge is 0.242 e. The Balaban J connectivity index is 1.66. The summed E-state index contributed by atoms with van der Waals surface area (Å²) in [6, 6.07) is 19.2. The standard InChI is InChI=1S/C20H16BrClN2O/c1-13(14-6-9-16(22)10-7-14)23-24-20(25)12-15-8-11-19(21)18-5-3-2-4-17(15)18/h2-11,23H,1,12H2,(H,24,25). The fraction of sp³-hybridized carbons (Fsp3) is 0.0500. The Kier molecular flexibility index (Phi) is 5.41. The highest BCUT2D eigenvalue weighted by Crippen LogP contribution is 2.27. The van der Waals surface area contributed by atoms with Gasteiger partial charge in [-0.3, -0.25) is 15.6 Å². The van der Waals surface area contributed by atoms with E-state index in [0.29, 0.717) is 10.7 Å². The Morgan fingerprint density at radius 1 is 0.960 bits per heavy atom. The Morgan fingerprint density at radius 2 is 1.64 bits per heavy atom. The lowest BCUT2D eigenvalue weighted by atomic mass is 10.0. The summed E-state index contributed by atoms with van der Waals surface area (Å²) in [5, 5.41) is 2.80. The minimum atomic E-state index is -0.136. The van der Waals surface area contributed by atoms with Gasteiger partial charge in [-0.1, -0.05) is 76.6 Å².